The van der Waals surface area contributed by atoms with E-state index < -0.39 is 0 Å². The summed E-state index contributed by atoms with van der Waals surface area (Å²) in [6, 6.07) is 15.0. The molecular weight excluding hydrogens is 489 g/mol. The zero-order chi connectivity index (χ0) is 25.5. The molecule has 0 bridgehead atoms. The molecule has 5 heterocycles. The molecule has 0 fully saturated rings. The molecule has 184 valence electrons. The Kier molecular flexibility index (Phi) is 5.74. The average molecular weight is 512 g/mol. The summed E-state index contributed by atoms with van der Waals surface area (Å²) in [6.45, 7) is 0.289. The molecule has 0 saturated heterocycles. The van der Waals surface area contributed by atoms with Gasteiger partial charge in [-0.15, -0.1) is 11.3 Å². The summed E-state index contributed by atoms with van der Waals surface area (Å²) in [5.74, 6) is -0.102. The van der Waals surface area contributed by atoms with Crippen LogP contribution in [0.1, 0.15) is 0 Å². The molecule has 0 unspecified atom stereocenters. The van der Waals surface area contributed by atoms with Crippen molar-refractivity contribution in [3.8, 4) is 33.1 Å². The Morgan fingerprint density at radius 2 is 1.86 bits per heavy atom. The molecule has 5 aromatic heterocycles. The van der Waals surface area contributed by atoms with E-state index in [0.717, 1.165) is 66.2 Å². The second-order valence-electron chi connectivity index (χ2n) is 8.99. The van der Waals surface area contributed by atoms with Crippen molar-refractivity contribution in [2.75, 3.05) is 26.0 Å². The van der Waals surface area contributed by atoms with Crippen LogP contribution in [0.5, 0.6) is 0 Å². The van der Waals surface area contributed by atoms with Crippen molar-refractivity contribution < 1.29 is 9.18 Å². The second-order valence-corrected chi connectivity index (χ2v) is 10.0. The maximum Gasteiger partial charge on any atom is 0.238 e. The van der Waals surface area contributed by atoms with Crippen molar-refractivity contribution >= 4 is 44.7 Å². The number of halogens is 1. The van der Waals surface area contributed by atoms with Crippen LogP contribution in [0.2, 0.25) is 0 Å². The molecular formula is C27H22FN7OS. The lowest BCUT2D eigenvalue weighted by atomic mass is 10.0. The summed E-state index contributed by atoms with van der Waals surface area (Å²) < 4.78 is 13.7. The molecule has 3 N–H and O–H groups in total. The first-order valence-corrected chi connectivity index (χ1v) is 12.4. The summed E-state index contributed by atoms with van der Waals surface area (Å²) in [5, 5.41) is 12.2. The quantitative estimate of drug-likeness (QED) is 0.273. The molecule has 0 radical (unpaired) electrons. The number of likely N-dealkylation sites (N-methyl/N-ethyl adjacent to an activating group) is 1. The second kappa shape index (κ2) is 9.23. The molecule has 0 spiro atoms. The number of rotatable bonds is 6. The molecule has 0 saturated carbocycles. The number of aromatic amines is 2. The topological polar surface area (TPSA) is 103 Å². The number of carbonyl (C=O) groups excluding carboxylic acids is 1. The Morgan fingerprint density at radius 1 is 1.00 bits per heavy atom. The number of nitrogens with one attached hydrogen (secondary N) is 3. The SMILES string of the molecule is CN(C)CC(=O)Nc1cncc(-c2ccc3[nH]nc(-c4cc5c(-c6ccc(F)s6)nccc5[nH]4)c3c2)c1. The first kappa shape index (κ1) is 23.0. The van der Waals surface area contributed by atoms with Gasteiger partial charge < -0.3 is 15.2 Å². The number of hydrogen-bond donors (Lipinski definition) is 3. The Labute approximate surface area is 215 Å². The van der Waals surface area contributed by atoms with Crippen LogP contribution >= 0.6 is 11.3 Å². The minimum atomic E-state index is -0.244. The zero-order valence-electron chi connectivity index (χ0n) is 20.0. The number of benzene rings is 1. The predicted molar refractivity (Wildman–Crippen MR) is 145 cm³/mol. The van der Waals surface area contributed by atoms with Gasteiger partial charge in [0.25, 0.3) is 0 Å². The molecule has 6 rings (SSSR count). The average Bonchev–Trinajstić information content (AvgIpc) is 3.60. The summed E-state index contributed by atoms with van der Waals surface area (Å²) in [7, 11) is 3.69. The van der Waals surface area contributed by atoms with E-state index in [-0.39, 0.29) is 17.6 Å². The van der Waals surface area contributed by atoms with E-state index in [4.69, 9.17) is 0 Å². The van der Waals surface area contributed by atoms with Gasteiger partial charge in [0.05, 0.1) is 40.2 Å². The molecule has 6 aromatic rings. The van der Waals surface area contributed by atoms with Gasteiger partial charge in [0.2, 0.25) is 5.91 Å². The molecule has 10 heteroatoms. The fourth-order valence-electron chi connectivity index (χ4n) is 4.37. The standard InChI is InChI=1S/C27H22FN7OS/c1-35(2)14-25(36)31-17-9-16(12-29-13-17)15-3-4-21-18(10-15)26(34-33-21)22-11-19-20(32-22)7-8-30-27(19)23-5-6-24(28)37-23/h3-13,32H,14H2,1-2H3,(H,31,36)(H,33,34). The maximum atomic E-state index is 13.7. The fraction of sp³-hybridized carbons (Fsp3) is 0.111. The van der Waals surface area contributed by atoms with Crippen molar-refractivity contribution in [2.45, 2.75) is 0 Å². The lowest BCUT2D eigenvalue weighted by Gasteiger charge is -2.11. The lowest BCUT2D eigenvalue weighted by molar-refractivity contribution is -0.116. The normalized spacial score (nSPS) is 11.6. The molecule has 37 heavy (non-hydrogen) atoms. The number of amides is 1. The number of thiophene rings is 1. The Hall–Kier alpha value is -4.41. The van der Waals surface area contributed by atoms with Gasteiger partial charge in [0, 0.05) is 34.2 Å². The van der Waals surface area contributed by atoms with Crippen LogP contribution in [0.4, 0.5) is 10.1 Å². The first-order chi connectivity index (χ1) is 17.9. The van der Waals surface area contributed by atoms with E-state index in [9.17, 15) is 9.18 Å². The van der Waals surface area contributed by atoms with Crippen molar-refractivity contribution in [2.24, 2.45) is 0 Å². The van der Waals surface area contributed by atoms with Gasteiger partial charge in [-0.05, 0) is 62.1 Å². The fourth-order valence-corrected chi connectivity index (χ4v) is 5.11. The number of H-pyrrole nitrogens is 2. The lowest BCUT2D eigenvalue weighted by Crippen LogP contribution is -2.27. The number of aromatic nitrogens is 5. The molecule has 1 aromatic carbocycles. The monoisotopic (exact) mass is 511 g/mol. The summed E-state index contributed by atoms with van der Waals surface area (Å²) in [4.78, 5) is 27.0. The van der Waals surface area contributed by atoms with Gasteiger partial charge in [0.15, 0.2) is 5.13 Å². The molecule has 0 aliphatic carbocycles. The number of nitrogens with zero attached hydrogens (tertiary/aromatic N) is 4. The van der Waals surface area contributed by atoms with Crippen LogP contribution in [-0.2, 0) is 4.79 Å². The Morgan fingerprint density at radius 3 is 2.68 bits per heavy atom. The predicted octanol–water partition coefficient (Wildman–Crippen LogP) is 5.54. The Bertz CT molecular complexity index is 1770. The number of fused-ring (bicyclic) bond motifs is 2. The third kappa shape index (κ3) is 4.48. The third-order valence-electron chi connectivity index (χ3n) is 5.99. The van der Waals surface area contributed by atoms with Crippen molar-refractivity contribution in [1.29, 1.82) is 0 Å². The summed E-state index contributed by atoms with van der Waals surface area (Å²) in [6.07, 6.45) is 5.12. The van der Waals surface area contributed by atoms with E-state index in [0.29, 0.717) is 5.69 Å². The largest absolute Gasteiger partial charge is 0.353 e. The maximum absolute atomic E-state index is 13.7. The van der Waals surface area contributed by atoms with Crippen LogP contribution in [0.25, 0.3) is 54.9 Å². The van der Waals surface area contributed by atoms with Gasteiger partial charge in [-0.25, -0.2) is 0 Å². The smallest absolute Gasteiger partial charge is 0.238 e. The minimum Gasteiger partial charge on any atom is -0.353 e. The molecule has 0 aliphatic heterocycles. The van der Waals surface area contributed by atoms with E-state index in [2.05, 4.69) is 36.5 Å². The highest BCUT2D eigenvalue weighted by Crippen LogP contribution is 2.36. The highest BCUT2D eigenvalue weighted by Gasteiger charge is 2.16. The highest BCUT2D eigenvalue weighted by atomic mass is 32.1. The van der Waals surface area contributed by atoms with Crippen LogP contribution < -0.4 is 5.32 Å². The van der Waals surface area contributed by atoms with E-state index in [1.807, 2.05) is 49.3 Å². The van der Waals surface area contributed by atoms with Gasteiger partial charge >= 0.3 is 0 Å². The molecule has 0 atom stereocenters. The van der Waals surface area contributed by atoms with Gasteiger partial charge in [-0.3, -0.25) is 19.9 Å². The summed E-state index contributed by atoms with van der Waals surface area (Å²) in [5.41, 5.74) is 6.56. The minimum absolute atomic E-state index is 0.102. The van der Waals surface area contributed by atoms with Crippen molar-refractivity contribution in [3.05, 3.63) is 72.3 Å². The third-order valence-corrected chi connectivity index (χ3v) is 6.87. The van der Waals surface area contributed by atoms with Gasteiger partial charge in [-0.2, -0.15) is 9.49 Å². The molecule has 1 amide bonds. The van der Waals surface area contributed by atoms with Crippen LogP contribution in [0.15, 0.2) is 67.1 Å². The number of pyridine rings is 2. The van der Waals surface area contributed by atoms with Crippen molar-refractivity contribution in [3.63, 3.8) is 0 Å². The van der Waals surface area contributed by atoms with E-state index >= 15 is 0 Å². The van der Waals surface area contributed by atoms with Gasteiger partial charge in [0.1, 0.15) is 5.69 Å². The molecule has 8 nitrogen and oxygen atoms in total. The number of anilines is 1. The van der Waals surface area contributed by atoms with Crippen LogP contribution in [0, 0.1) is 5.13 Å². The molecule has 0 aliphatic rings. The number of hydrogen-bond acceptors (Lipinski definition) is 6. The van der Waals surface area contributed by atoms with E-state index in [1.54, 1.807) is 24.7 Å². The van der Waals surface area contributed by atoms with E-state index in [1.165, 1.54) is 6.07 Å². The van der Waals surface area contributed by atoms with Crippen LogP contribution in [-0.4, -0.2) is 56.6 Å². The highest BCUT2D eigenvalue weighted by molar-refractivity contribution is 7.13. The van der Waals surface area contributed by atoms with Crippen molar-refractivity contribution in [1.82, 2.24) is 30.0 Å². The van der Waals surface area contributed by atoms with Gasteiger partial charge in [-0.1, -0.05) is 6.07 Å². The zero-order valence-corrected chi connectivity index (χ0v) is 20.9. The summed E-state index contributed by atoms with van der Waals surface area (Å²) >= 11 is 1.07. The number of carbonyl (C=O) groups is 1. The van der Waals surface area contributed by atoms with Crippen LogP contribution in [0.3, 0.4) is 0 Å². The Balaban J connectivity index is 1.38. The first-order valence-electron chi connectivity index (χ1n) is 11.6.